The molecule has 2 aromatic carbocycles. The van der Waals surface area contributed by atoms with Gasteiger partial charge in [-0.3, -0.25) is 4.90 Å². The number of hydrogen-bond acceptors (Lipinski definition) is 3. The highest BCUT2D eigenvalue weighted by Gasteiger charge is 2.30. The van der Waals surface area contributed by atoms with Crippen molar-refractivity contribution < 1.29 is 9.84 Å². The molecule has 2 fully saturated rings. The Kier molecular flexibility index (Phi) is 7.03. The van der Waals surface area contributed by atoms with Crippen LogP contribution in [0.5, 0.6) is 5.75 Å². The molecule has 168 valence electrons. The van der Waals surface area contributed by atoms with Crippen molar-refractivity contribution in [3.63, 3.8) is 0 Å². The van der Waals surface area contributed by atoms with Crippen LogP contribution in [0.1, 0.15) is 64.9 Å². The van der Waals surface area contributed by atoms with E-state index in [0.717, 1.165) is 44.1 Å². The van der Waals surface area contributed by atoms with Crippen molar-refractivity contribution in [2.75, 3.05) is 13.1 Å². The number of nitrogens with zero attached hydrogens (tertiary/aromatic N) is 1. The predicted octanol–water partition coefficient (Wildman–Crippen LogP) is 6.29. The number of aliphatic hydroxyl groups excluding tert-OH is 1. The van der Waals surface area contributed by atoms with Crippen molar-refractivity contribution in [2.24, 2.45) is 11.3 Å². The van der Waals surface area contributed by atoms with Crippen molar-refractivity contribution in [1.82, 2.24) is 4.90 Å². The van der Waals surface area contributed by atoms with E-state index in [9.17, 15) is 5.11 Å². The van der Waals surface area contributed by atoms with Gasteiger partial charge in [0, 0.05) is 19.6 Å². The molecule has 0 aromatic heterocycles. The number of aliphatic hydroxyl groups is 1. The molecule has 1 aliphatic heterocycles. The topological polar surface area (TPSA) is 32.7 Å². The third-order valence-corrected chi connectivity index (χ3v) is 7.28. The van der Waals surface area contributed by atoms with E-state index in [-0.39, 0.29) is 6.10 Å². The summed E-state index contributed by atoms with van der Waals surface area (Å²) in [7, 11) is 0. The van der Waals surface area contributed by atoms with Crippen LogP contribution in [-0.4, -0.2) is 35.3 Å². The van der Waals surface area contributed by atoms with Crippen molar-refractivity contribution >= 4 is 0 Å². The maximum atomic E-state index is 9.72. The van der Waals surface area contributed by atoms with Gasteiger partial charge in [-0.1, -0.05) is 51.1 Å². The largest absolute Gasteiger partial charge is 0.490 e. The molecule has 0 spiro atoms. The minimum Gasteiger partial charge on any atom is -0.490 e. The molecule has 3 heteroatoms. The Morgan fingerprint density at radius 1 is 0.871 bits per heavy atom. The molecule has 2 aromatic rings. The van der Waals surface area contributed by atoms with Gasteiger partial charge in [0.2, 0.25) is 0 Å². The molecule has 0 unspecified atom stereocenters. The standard InChI is InChI=1S/C28H39NO2/c1-28(2,3)24-9-13-27(14-10-24)31-26-11-7-22(8-12-26)23-6-4-5-21(19-23)20-29-17-15-25(30)16-18-29/h4-8,11-12,19,24-25,27,30H,9-10,13-18,20H2,1-3H3. The van der Waals surface area contributed by atoms with Gasteiger partial charge in [-0.05, 0) is 84.7 Å². The number of ether oxygens (including phenoxy) is 1. The van der Waals surface area contributed by atoms with E-state index >= 15 is 0 Å². The Morgan fingerprint density at radius 3 is 2.19 bits per heavy atom. The van der Waals surface area contributed by atoms with Crippen LogP contribution in [0.25, 0.3) is 11.1 Å². The third-order valence-electron chi connectivity index (χ3n) is 7.28. The average Bonchev–Trinajstić information content (AvgIpc) is 2.76. The van der Waals surface area contributed by atoms with E-state index in [2.05, 4.69) is 74.2 Å². The van der Waals surface area contributed by atoms with E-state index < -0.39 is 0 Å². The number of rotatable bonds is 5. The second-order valence-corrected chi connectivity index (χ2v) is 10.7. The predicted molar refractivity (Wildman–Crippen MR) is 128 cm³/mol. The average molecular weight is 422 g/mol. The zero-order valence-electron chi connectivity index (χ0n) is 19.5. The monoisotopic (exact) mass is 421 g/mol. The summed E-state index contributed by atoms with van der Waals surface area (Å²) in [6.07, 6.45) is 6.90. The van der Waals surface area contributed by atoms with Crippen molar-refractivity contribution in [3.05, 3.63) is 54.1 Å². The number of benzene rings is 2. The molecule has 0 amide bonds. The van der Waals surface area contributed by atoms with Crippen LogP contribution >= 0.6 is 0 Å². The van der Waals surface area contributed by atoms with Gasteiger partial charge in [0.15, 0.2) is 0 Å². The highest BCUT2D eigenvalue weighted by molar-refractivity contribution is 5.64. The van der Waals surface area contributed by atoms with Crippen LogP contribution in [0.15, 0.2) is 48.5 Å². The smallest absolute Gasteiger partial charge is 0.119 e. The summed E-state index contributed by atoms with van der Waals surface area (Å²) >= 11 is 0. The molecule has 4 rings (SSSR count). The first-order chi connectivity index (χ1) is 14.9. The highest BCUT2D eigenvalue weighted by atomic mass is 16.5. The number of hydrogen-bond donors (Lipinski definition) is 1. The molecule has 1 heterocycles. The normalized spacial score (nSPS) is 23.6. The molecule has 1 aliphatic carbocycles. The summed E-state index contributed by atoms with van der Waals surface area (Å²) in [4.78, 5) is 2.44. The van der Waals surface area contributed by atoms with Gasteiger partial charge >= 0.3 is 0 Å². The van der Waals surface area contributed by atoms with Crippen molar-refractivity contribution in [1.29, 1.82) is 0 Å². The van der Waals surface area contributed by atoms with Gasteiger partial charge in [0.25, 0.3) is 0 Å². The van der Waals surface area contributed by atoms with E-state index in [1.807, 2.05) is 0 Å². The molecule has 0 atom stereocenters. The van der Waals surface area contributed by atoms with E-state index in [4.69, 9.17) is 4.74 Å². The summed E-state index contributed by atoms with van der Waals surface area (Å²) in [5.74, 6) is 1.81. The minimum absolute atomic E-state index is 0.114. The van der Waals surface area contributed by atoms with Crippen LogP contribution in [-0.2, 0) is 6.54 Å². The Labute approximate surface area is 188 Å². The van der Waals surface area contributed by atoms with E-state index in [1.165, 1.54) is 42.4 Å². The lowest BCUT2D eigenvalue weighted by Crippen LogP contribution is -2.35. The maximum absolute atomic E-state index is 9.72. The Morgan fingerprint density at radius 2 is 1.55 bits per heavy atom. The lowest BCUT2D eigenvalue weighted by Gasteiger charge is -2.36. The second kappa shape index (κ2) is 9.75. The van der Waals surface area contributed by atoms with Crippen LogP contribution in [0, 0.1) is 11.3 Å². The zero-order valence-corrected chi connectivity index (χ0v) is 19.5. The third kappa shape index (κ3) is 6.11. The number of likely N-dealkylation sites (tertiary alicyclic amines) is 1. The lowest BCUT2D eigenvalue weighted by atomic mass is 9.72. The molecule has 31 heavy (non-hydrogen) atoms. The van der Waals surface area contributed by atoms with E-state index in [1.54, 1.807) is 0 Å². The molecule has 1 saturated heterocycles. The summed E-state index contributed by atoms with van der Waals surface area (Å²) < 4.78 is 6.31. The minimum atomic E-state index is -0.114. The fraction of sp³-hybridized carbons (Fsp3) is 0.571. The first kappa shape index (κ1) is 22.4. The lowest BCUT2D eigenvalue weighted by molar-refractivity contribution is 0.0792. The second-order valence-electron chi connectivity index (χ2n) is 10.7. The fourth-order valence-electron chi connectivity index (χ4n) is 5.15. The van der Waals surface area contributed by atoms with Crippen LogP contribution < -0.4 is 4.74 Å². The number of piperidine rings is 1. The Balaban J connectivity index is 1.33. The van der Waals surface area contributed by atoms with Gasteiger partial charge in [0.1, 0.15) is 5.75 Å². The van der Waals surface area contributed by atoms with E-state index in [0.29, 0.717) is 11.5 Å². The molecule has 3 nitrogen and oxygen atoms in total. The first-order valence-corrected chi connectivity index (χ1v) is 12.1. The van der Waals surface area contributed by atoms with Crippen molar-refractivity contribution in [2.45, 2.75) is 78.0 Å². The Hall–Kier alpha value is -1.84. The summed E-state index contributed by atoms with van der Waals surface area (Å²) in [5, 5.41) is 9.72. The molecule has 0 bridgehead atoms. The summed E-state index contributed by atoms with van der Waals surface area (Å²) in [6, 6.07) is 17.5. The molecule has 2 aliphatic rings. The van der Waals surface area contributed by atoms with Crippen LogP contribution in [0.2, 0.25) is 0 Å². The maximum Gasteiger partial charge on any atom is 0.119 e. The molecule has 1 N–H and O–H groups in total. The highest BCUT2D eigenvalue weighted by Crippen LogP contribution is 2.38. The van der Waals surface area contributed by atoms with Gasteiger partial charge in [-0.15, -0.1) is 0 Å². The Bertz CT molecular complexity index is 823. The van der Waals surface area contributed by atoms with Gasteiger partial charge in [0.05, 0.1) is 12.2 Å². The quantitative estimate of drug-likeness (QED) is 0.615. The van der Waals surface area contributed by atoms with Crippen LogP contribution in [0.3, 0.4) is 0 Å². The van der Waals surface area contributed by atoms with Crippen LogP contribution in [0.4, 0.5) is 0 Å². The van der Waals surface area contributed by atoms with Gasteiger partial charge in [-0.2, -0.15) is 0 Å². The fourth-order valence-corrected chi connectivity index (χ4v) is 5.15. The summed E-state index contributed by atoms with van der Waals surface area (Å²) in [6.45, 7) is 10.0. The van der Waals surface area contributed by atoms with Gasteiger partial charge in [-0.25, -0.2) is 0 Å². The zero-order chi connectivity index (χ0) is 21.8. The molecule has 0 radical (unpaired) electrons. The first-order valence-electron chi connectivity index (χ1n) is 12.1. The molecule has 1 saturated carbocycles. The van der Waals surface area contributed by atoms with Crippen molar-refractivity contribution in [3.8, 4) is 16.9 Å². The summed E-state index contributed by atoms with van der Waals surface area (Å²) in [5.41, 5.74) is 4.24. The molecular weight excluding hydrogens is 382 g/mol. The molecular formula is C28H39NO2. The van der Waals surface area contributed by atoms with Gasteiger partial charge < -0.3 is 9.84 Å². The SMILES string of the molecule is CC(C)(C)C1CCC(Oc2ccc(-c3cccc(CN4CCC(O)CC4)c3)cc2)CC1.